The van der Waals surface area contributed by atoms with E-state index in [1.165, 1.54) is 63.6 Å². The number of rotatable bonds is 8. The summed E-state index contributed by atoms with van der Waals surface area (Å²) in [6.45, 7) is 7.28. The first-order valence-corrected chi connectivity index (χ1v) is 14.7. The van der Waals surface area contributed by atoms with Crippen LogP contribution in [0.2, 0.25) is 0 Å². The lowest BCUT2D eigenvalue weighted by Gasteiger charge is -2.35. The number of benzene rings is 1. The normalized spacial score (nSPS) is 19.4. The maximum atomic E-state index is 13.2. The van der Waals surface area contributed by atoms with Crippen LogP contribution in [0.1, 0.15) is 51.4 Å². The van der Waals surface area contributed by atoms with E-state index in [1.54, 1.807) is 12.4 Å². The number of hydrogen-bond donors (Lipinski definition) is 1. The van der Waals surface area contributed by atoms with Crippen LogP contribution in [0.25, 0.3) is 16.9 Å². The Bertz CT molecular complexity index is 1200. The molecule has 2 saturated heterocycles. The highest BCUT2D eigenvalue weighted by Crippen LogP contribution is 2.31. The minimum Gasteiger partial charge on any atom is -0.372 e. The van der Waals surface area contributed by atoms with E-state index in [9.17, 15) is 4.79 Å². The average Bonchev–Trinajstić information content (AvgIpc) is 3.64. The maximum absolute atomic E-state index is 13.2. The summed E-state index contributed by atoms with van der Waals surface area (Å²) >= 11 is 0. The van der Waals surface area contributed by atoms with Gasteiger partial charge in [0.1, 0.15) is 11.5 Å². The molecule has 1 aromatic carbocycles. The van der Waals surface area contributed by atoms with Crippen LogP contribution in [-0.2, 0) is 4.79 Å². The topological polar surface area (TPSA) is 69.0 Å². The van der Waals surface area contributed by atoms with E-state index in [1.807, 2.05) is 15.5 Å². The van der Waals surface area contributed by atoms with Crippen LogP contribution < -0.4 is 10.2 Å². The lowest BCUT2D eigenvalue weighted by atomic mass is 9.87. The van der Waals surface area contributed by atoms with Crippen LogP contribution in [0.15, 0.2) is 42.9 Å². The standard InChI is InChI=1S/C30H41N7O/c38-28(36-20-18-34(19-21-36)16-12-24-6-2-1-3-7-24)23-32-30-29(33-27-22-31-13-17-37(27)30)25-8-10-26(11-9-25)35-14-4-5-15-35/h8-11,13,17,22,24,32H,1-7,12,14-16,18-21,23H2. The first-order chi connectivity index (χ1) is 18.7. The highest BCUT2D eigenvalue weighted by Gasteiger charge is 2.23. The lowest BCUT2D eigenvalue weighted by Crippen LogP contribution is -2.50. The number of nitrogens with one attached hydrogen (secondary N) is 1. The van der Waals surface area contributed by atoms with E-state index >= 15 is 0 Å². The molecule has 3 fully saturated rings. The molecule has 2 aliphatic heterocycles. The molecule has 1 amide bonds. The molecule has 8 nitrogen and oxygen atoms in total. The zero-order valence-corrected chi connectivity index (χ0v) is 22.5. The van der Waals surface area contributed by atoms with Crippen molar-refractivity contribution in [3.63, 3.8) is 0 Å². The molecule has 6 rings (SSSR count). The lowest BCUT2D eigenvalue weighted by molar-refractivity contribution is -0.131. The Morgan fingerprint density at radius 2 is 1.68 bits per heavy atom. The first kappa shape index (κ1) is 25.2. The molecule has 3 aromatic rings. The Morgan fingerprint density at radius 3 is 2.45 bits per heavy atom. The van der Waals surface area contributed by atoms with Crippen molar-refractivity contribution in [1.29, 1.82) is 0 Å². The number of fused-ring (bicyclic) bond motifs is 1. The predicted octanol–water partition coefficient (Wildman–Crippen LogP) is 4.52. The van der Waals surface area contributed by atoms with E-state index in [2.05, 4.69) is 44.4 Å². The van der Waals surface area contributed by atoms with Gasteiger partial charge in [-0.15, -0.1) is 0 Å². The minimum atomic E-state index is 0.149. The Kier molecular flexibility index (Phi) is 7.76. The predicted molar refractivity (Wildman–Crippen MR) is 153 cm³/mol. The minimum absolute atomic E-state index is 0.149. The van der Waals surface area contributed by atoms with Crippen LogP contribution in [0.4, 0.5) is 11.5 Å². The molecule has 8 heteroatoms. The van der Waals surface area contributed by atoms with Crippen molar-refractivity contribution in [3.8, 4) is 11.3 Å². The van der Waals surface area contributed by atoms with Gasteiger partial charge >= 0.3 is 0 Å². The zero-order valence-electron chi connectivity index (χ0n) is 22.5. The van der Waals surface area contributed by atoms with E-state index in [-0.39, 0.29) is 12.5 Å². The molecular formula is C30H41N7O. The fourth-order valence-electron chi connectivity index (χ4n) is 6.42. The fourth-order valence-corrected chi connectivity index (χ4v) is 6.42. The molecule has 1 aliphatic carbocycles. The third kappa shape index (κ3) is 5.65. The summed E-state index contributed by atoms with van der Waals surface area (Å²) in [6.07, 6.45) is 16.3. The summed E-state index contributed by atoms with van der Waals surface area (Å²) in [5.41, 5.74) is 3.93. The molecule has 3 aliphatic rings. The van der Waals surface area contributed by atoms with Crippen LogP contribution in [-0.4, -0.2) is 82.4 Å². The molecule has 202 valence electrons. The smallest absolute Gasteiger partial charge is 0.242 e. The molecule has 0 radical (unpaired) electrons. The summed E-state index contributed by atoms with van der Waals surface area (Å²) in [6, 6.07) is 8.65. The number of anilines is 2. The van der Waals surface area contributed by atoms with Gasteiger partial charge in [-0.25, -0.2) is 4.98 Å². The molecule has 1 N–H and O–H groups in total. The molecular weight excluding hydrogens is 474 g/mol. The number of amides is 1. The maximum Gasteiger partial charge on any atom is 0.242 e. The number of carbonyl (C=O) groups is 1. The summed E-state index contributed by atoms with van der Waals surface area (Å²) in [7, 11) is 0. The second kappa shape index (κ2) is 11.7. The van der Waals surface area contributed by atoms with Crippen molar-refractivity contribution in [2.24, 2.45) is 5.92 Å². The molecule has 4 heterocycles. The number of aromatic nitrogens is 3. The zero-order chi connectivity index (χ0) is 25.7. The molecule has 0 unspecified atom stereocenters. The molecule has 2 aromatic heterocycles. The number of imidazole rings is 1. The van der Waals surface area contributed by atoms with Gasteiger partial charge in [-0.05, 0) is 43.9 Å². The van der Waals surface area contributed by atoms with Gasteiger partial charge in [0.15, 0.2) is 5.65 Å². The third-order valence-electron chi connectivity index (χ3n) is 8.75. The Morgan fingerprint density at radius 1 is 0.921 bits per heavy atom. The summed E-state index contributed by atoms with van der Waals surface area (Å²) in [4.78, 5) is 29.3. The second-order valence-corrected chi connectivity index (χ2v) is 11.2. The molecule has 0 atom stereocenters. The molecule has 0 bridgehead atoms. The highest BCUT2D eigenvalue weighted by molar-refractivity contribution is 5.84. The Balaban J connectivity index is 1.08. The van der Waals surface area contributed by atoms with E-state index in [0.717, 1.165) is 67.9 Å². The summed E-state index contributed by atoms with van der Waals surface area (Å²) < 4.78 is 1.99. The van der Waals surface area contributed by atoms with Crippen molar-refractivity contribution >= 4 is 23.1 Å². The van der Waals surface area contributed by atoms with Crippen molar-refractivity contribution in [1.82, 2.24) is 24.2 Å². The second-order valence-electron chi connectivity index (χ2n) is 11.2. The van der Waals surface area contributed by atoms with E-state index in [0.29, 0.717) is 0 Å². The largest absolute Gasteiger partial charge is 0.372 e. The SMILES string of the molecule is O=C(CNc1c(-c2ccc(N3CCCC3)cc2)nc2cnccn12)N1CCN(CCC2CCCCC2)CC1. The van der Waals surface area contributed by atoms with Gasteiger partial charge < -0.3 is 15.1 Å². The van der Waals surface area contributed by atoms with Gasteiger partial charge in [0, 0.05) is 62.9 Å². The van der Waals surface area contributed by atoms with Gasteiger partial charge in [-0.3, -0.25) is 19.1 Å². The van der Waals surface area contributed by atoms with Crippen LogP contribution in [0, 0.1) is 5.92 Å². The quantitative estimate of drug-likeness (QED) is 0.476. The summed E-state index contributed by atoms with van der Waals surface area (Å²) in [5.74, 6) is 1.91. The number of nitrogens with zero attached hydrogens (tertiary/aromatic N) is 6. The van der Waals surface area contributed by atoms with Crippen molar-refractivity contribution in [3.05, 3.63) is 42.9 Å². The van der Waals surface area contributed by atoms with Crippen molar-refractivity contribution in [2.45, 2.75) is 51.4 Å². The van der Waals surface area contributed by atoms with Gasteiger partial charge in [-0.2, -0.15) is 0 Å². The van der Waals surface area contributed by atoms with Gasteiger partial charge in [0.2, 0.25) is 5.91 Å². The summed E-state index contributed by atoms with van der Waals surface area (Å²) in [5, 5.41) is 3.44. The molecule has 0 spiro atoms. The number of piperazine rings is 1. The van der Waals surface area contributed by atoms with E-state index < -0.39 is 0 Å². The van der Waals surface area contributed by atoms with Crippen molar-refractivity contribution in [2.75, 3.05) is 62.6 Å². The number of hydrogen-bond acceptors (Lipinski definition) is 6. The van der Waals surface area contributed by atoms with Gasteiger partial charge in [0.05, 0.1) is 12.7 Å². The van der Waals surface area contributed by atoms with Crippen molar-refractivity contribution < 1.29 is 4.79 Å². The monoisotopic (exact) mass is 515 g/mol. The van der Waals surface area contributed by atoms with Gasteiger partial charge in [0.25, 0.3) is 0 Å². The average molecular weight is 516 g/mol. The number of carbonyl (C=O) groups excluding carboxylic acids is 1. The third-order valence-corrected chi connectivity index (χ3v) is 8.75. The van der Waals surface area contributed by atoms with E-state index in [4.69, 9.17) is 4.98 Å². The van der Waals surface area contributed by atoms with Gasteiger partial charge in [-0.1, -0.05) is 44.2 Å². The van der Waals surface area contributed by atoms with Crippen LogP contribution in [0.3, 0.4) is 0 Å². The van der Waals surface area contributed by atoms with Crippen LogP contribution >= 0.6 is 0 Å². The highest BCUT2D eigenvalue weighted by atomic mass is 16.2. The first-order valence-electron chi connectivity index (χ1n) is 14.7. The Labute approximate surface area is 226 Å². The Hall–Kier alpha value is -3.13. The molecule has 38 heavy (non-hydrogen) atoms. The molecule has 1 saturated carbocycles. The fraction of sp³-hybridized carbons (Fsp3) is 0.567. The van der Waals surface area contributed by atoms with Crippen LogP contribution in [0.5, 0.6) is 0 Å².